The van der Waals surface area contributed by atoms with Crippen molar-refractivity contribution in [3.8, 4) is 5.75 Å². The SMILES string of the molecule is COc1cc(S(=O)(=O)NCc2cncs2)ccc1N. The normalized spacial score (nSPS) is 11.4. The van der Waals surface area contributed by atoms with Crippen molar-refractivity contribution in [3.05, 3.63) is 34.8 Å². The van der Waals surface area contributed by atoms with E-state index in [1.165, 1.54) is 36.6 Å². The first kappa shape index (κ1) is 13.8. The van der Waals surface area contributed by atoms with Crippen LogP contribution < -0.4 is 15.2 Å². The number of ether oxygens (including phenoxy) is 1. The van der Waals surface area contributed by atoms with Gasteiger partial charge >= 0.3 is 0 Å². The molecule has 2 aromatic rings. The van der Waals surface area contributed by atoms with Gasteiger partial charge in [-0.1, -0.05) is 0 Å². The van der Waals surface area contributed by atoms with E-state index in [1.807, 2.05) is 0 Å². The minimum atomic E-state index is -3.59. The van der Waals surface area contributed by atoms with Crippen molar-refractivity contribution in [2.24, 2.45) is 0 Å². The Balaban J connectivity index is 2.19. The third-order valence-corrected chi connectivity index (χ3v) is 4.61. The zero-order valence-corrected chi connectivity index (χ0v) is 11.8. The van der Waals surface area contributed by atoms with Crippen molar-refractivity contribution in [3.63, 3.8) is 0 Å². The minimum Gasteiger partial charge on any atom is -0.495 e. The van der Waals surface area contributed by atoms with Crippen molar-refractivity contribution in [1.29, 1.82) is 0 Å². The van der Waals surface area contributed by atoms with Crippen molar-refractivity contribution < 1.29 is 13.2 Å². The molecular weight excluding hydrogens is 286 g/mol. The molecule has 8 heteroatoms. The van der Waals surface area contributed by atoms with Crippen LogP contribution in [0.25, 0.3) is 0 Å². The molecule has 6 nitrogen and oxygen atoms in total. The number of nitrogens with two attached hydrogens (primary N) is 1. The molecule has 1 aromatic carbocycles. The quantitative estimate of drug-likeness (QED) is 0.809. The van der Waals surface area contributed by atoms with E-state index < -0.39 is 10.0 Å². The maximum Gasteiger partial charge on any atom is 0.241 e. The summed E-state index contributed by atoms with van der Waals surface area (Å²) in [5.41, 5.74) is 7.69. The average Bonchev–Trinajstić information content (AvgIpc) is 2.90. The molecule has 0 spiro atoms. The molecule has 0 saturated heterocycles. The number of anilines is 1. The Labute approximate surface area is 115 Å². The smallest absolute Gasteiger partial charge is 0.241 e. The number of nitrogen functional groups attached to an aromatic ring is 1. The summed E-state index contributed by atoms with van der Waals surface area (Å²) in [6.07, 6.45) is 1.62. The number of benzene rings is 1. The summed E-state index contributed by atoms with van der Waals surface area (Å²) in [5.74, 6) is 0.334. The van der Waals surface area contributed by atoms with Crippen LogP contribution >= 0.6 is 11.3 Å². The zero-order chi connectivity index (χ0) is 13.9. The molecule has 2 rings (SSSR count). The highest BCUT2D eigenvalue weighted by molar-refractivity contribution is 7.89. The summed E-state index contributed by atoms with van der Waals surface area (Å²) >= 11 is 1.39. The first-order valence-electron chi connectivity index (χ1n) is 5.33. The van der Waals surface area contributed by atoms with Crippen LogP contribution in [0, 0.1) is 0 Å². The van der Waals surface area contributed by atoms with Crippen molar-refractivity contribution in [2.45, 2.75) is 11.4 Å². The second kappa shape index (κ2) is 5.55. The summed E-state index contributed by atoms with van der Waals surface area (Å²) in [6, 6.07) is 4.33. The minimum absolute atomic E-state index is 0.114. The molecule has 0 atom stereocenters. The van der Waals surface area contributed by atoms with Crippen LogP contribution in [-0.4, -0.2) is 20.5 Å². The molecule has 0 unspecified atom stereocenters. The van der Waals surface area contributed by atoms with Gasteiger partial charge in [-0.3, -0.25) is 4.98 Å². The Morgan fingerprint density at radius 3 is 2.89 bits per heavy atom. The summed E-state index contributed by atoms with van der Waals surface area (Å²) in [4.78, 5) is 4.83. The summed E-state index contributed by atoms with van der Waals surface area (Å²) < 4.78 is 31.7. The standard InChI is InChI=1S/C11H13N3O3S2/c1-17-11-4-9(2-3-10(11)12)19(15,16)14-6-8-5-13-7-18-8/h2-5,7,14H,6,12H2,1H3. The average molecular weight is 299 g/mol. The molecule has 0 aliphatic rings. The summed E-state index contributed by atoms with van der Waals surface area (Å²) in [6.45, 7) is 0.208. The molecule has 1 heterocycles. The van der Waals surface area contributed by atoms with E-state index in [4.69, 9.17) is 10.5 Å². The van der Waals surface area contributed by atoms with Crippen molar-refractivity contribution >= 4 is 27.0 Å². The van der Waals surface area contributed by atoms with Gasteiger partial charge in [0, 0.05) is 23.7 Å². The Morgan fingerprint density at radius 2 is 2.26 bits per heavy atom. The second-order valence-electron chi connectivity index (χ2n) is 3.70. The maximum atomic E-state index is 12.1. The van der Waals surface area contributed by atoms with Gasteiger partial charge in [0.25, 0.3) is 0 Å². The van der Waals surface area contributed by atoms with Gasteiger partial charge < -0.3 is 10.5 Å². The predicted molar refractivity (Wildman–Crippen MR) is 73.5 cm³/mol. The number of nitrogens with one attached hydrogen (secondary N) is 1. The fourth-order valence-corrected chi connectivity index (χ4v) is 3.08. The lowest BCUT2D eigenvalue weighted by molar-refractivity contribution is 0.415. The monoisotopic (exact) mass is 299 g/mol. The Hall–Kier alpha value is -1.64. The second-order valence-corrected chi connectivity index (χ2v) is 6.43. The molecule has 102 valence electrons. The van der Waals surface area contributed by atoms with Gasteiger partial charge in [0.05, 0.1) is 23.2 Å². The van der Waals surface area contributed by atoms with Crippen LogP contribution in [0.2, 0.25) is 0 Å². The lowest BCUT2D eigenvalue weighted by Crippen LogP contribution is -2.22. The molecule has 0 amide bonds. The van der Waals surface area contributed by atoms with Crippen molar-refractivity contribution in [1.82, 2.24) is 9.71 Å². The van der Waals surface area contributed by atoms with Crippen LogP contribution in [0.15, 0.2) is 34.8 Å². The first-order valence-corrected chi connectivity index (χ1v) is 7.70. The molecule has 0 aliphatic heterocycles. The number of nitrogens with zero attached hydrogens (tertiary/aromatic N) is 1. The number of methoxy groups -OCH3 is 1. The number of rotatable bonds is 5. The maximum absolute atomic E-state index is 12.1. The van der Waals surface area contributed by atoms with E-state index in [2.05, 4.69) is 9.71 Å². The number of hydrogen-bond donors (Lipinski definition) is 2. The third kappa shape index (κ3) is 3.22. The van der Waals surface area contributed by atoms with Crippen LogP contribution in [0.3, 0.4) is 0 Å². The van der Waals surface area contributed by atoms with Gasteiger partial charge in [-0.25, -0.2) is 13.1 Å². The van der Waals surface area contributed by atoms with Gasteiger partial charge in [-0.2, -0.15) is 0 Å². The lowest BCUT2D eigenvalue weighted by Gasteiger charge is -2.09. The number of thiazole rings is 1. The van der Waals surface area contributed by atoms with E-state index in [0.717, 1.165) is 4.88 Å². The fourth-order valence-electron chi connectivity index (χ4n) is 1.44. The fraction of sp³-hybridized carbons (Fsp3) is 0.182. The number of aromatic nitrogens is 1. The van der Waals surface area contributed by atoms with E-state index in [1.54, 1.807) is 11.7 Å². The predicted octanol–water partition coefficient (Wildman–Crippen LogP) is 1.21. The van der Waals surface area contributed by atoms with Crippen LogP contribution in [0.1, 0.15) is 4.88 Å². The van der Waals surface area contributed by atoms with E-state index in [0.29, 0.717) is 11.4 Å². The molecule has 0 aliphatic carbocycles. The molecule has 3 N–H and O–H groups in total. The molecule has 1 aromatic heterocycles. The highest BCUT2D eigenvalue weighted by Crippen LogP contribution is 2.24. The molecule has 0 fully saturated rings. The highest BCUT2D eigenvalue weighted by atomic mass is 32.2. The molecular formula is C11H13N3O3S2. The Morgan fingerprint density at radius 1 is 1.47 bits per heavy atom. The number of sulfonamides is 1. The third-order valence-electron chi connectivity index (χ3n) is 2.44. The van der Waals surface area contributed by atoms with Crippen LogP contribution in [0.5, 0.6) is 5.75 Å². The van der Waals surface area contributed by atoms with Gasteiger partial charge in [-0.05, 0) is 12.1 Å². The van der Waals surface area contributed by atoms with E-state index >= 15 is 0 Å². The number of hydrogen-bond acceptors (Lipinski definition) is 6. The van der Waals surface area contributed by atoms with Crippen LogP contribution in [0.4, 0.5) is 5.69 Å². The topological polar surface area (TPSA) is 94.3 Å². The van der Waals surface area contributed by atoms with Gasteiger partial charge in [0.1, 0.15) is 5.75 Å². The van der Waals surface area contributed by atoms with E-state index in [-0.39, 0.29) is 11.4 Å². The molecule has 0 bridgehead atoms. The molecule has 19 heavy (non-hydrogen) atoms. The Kier molecular flexibility index (Phi) is 4.03. The summed E-state index contributed by atoms with van der Waals surface area (Å²) in [5, 5.41) is 0. The molecule has 0 saturated carbocycles. The van der Waals surface area contributed by atoms with E-state index in [9.17, 15) is 8.42 Å². The Bertz CT molecular complexity index is 654. The van der Waals surface area contributed by atoms with Crippen molar-refractivity contribution in [2.75, 3.05) is 12.8 Å². The summed E-state index contributed by atoms with van der Waals surface area (Å²) in [7, 11) is -2.16. The van der Waals surface area contributed by atoms with Crippen LogP contribution in [-0.2, 0) is 16.6 Å². The van der Waals surface area contributed by atoms with Gasteiger partial charge in [0.15, 0.2) is 0 Å². The molecule has 0 radical (unpaired) electrons. The highest BCUT2D eigenvalue weighted by Gasteiger charge is 2.16. The zero-order valence-electron chi connectivity index (χ0n) is 10.2. The van der Waals surface area contributed by atoms with Gasteiger partial charge in [0.2, 0.25) is 10.0 Å². The van der Waals surface area contributed by atoms with Gasteiger partial charge in [-0.15, -0.1) is 11.3 Å². The lowest BCUT2D eigenvalue weighted by atomic mass is 10.3. The largest absolute Gasteiger partial charge is 0.495 e. The first-order chi connectivity index (χ1) is 9.03.